The van der Waals surface area contributed by atoms with Crippen molar-refractivity contribution in [1.82, 2.24) is 20.4 Å². The van der Waals surface area contributed by atoms with E-state index in [1.807, 2.05) is 0 Å². The second kappa shape index (κ2) is 5.04. The molecule has 1 aromatic heterocycles. The number of nitrogens with zero attached hydrogens (tertiary/aromatic N) is 3. The van der Waals surface area contributed by atoms with Crippen molar-refractivity contribution < 1.29 is 9.63 Å². The van der Waals surface area contributed by atoms with E-state index in [2.05, 4.69) is 27.4 Å². The SMILES string of the molecule is CN1C2CCC1CC(c1noc(C3(O)CCNCC3)n1)C2. The first-order chi connectivity index (χ1) is 10.2. The van der Waals surface area contributed by atoms with Crippen molar-refractivity contribution in [3.63, 3.8) is 0 Å². The maximum Gasteiger partial charge on any atom is 0.258 e. The van der Waals surface area contributed by atoms with Crippen LogP contribution in [0.15, 0.2) is 4.52 Å². The molecule has 0 radical (unpaired) electrons. The molecular formula is C15H24N4O2. The summed E-state index contributed by atoms with van der Waals surface area (Å²) in [7, 11) is 2.23. The van der Waals surface area contributed by atoms with Crippen molar-refractivity contribution >= 4 is 0 Å². The first-order valence-electron chi connectivity index (χ1n) is 8.15. The van der Waals surface area contributed by atoms with Crippen molar-refractivity contribution in [1.29, 1.82) is 0 Å². The van der Waals surface area contributed by atoms with E-state index in [0.29, 0.717) is 36.7 Å². The van der Waals surface area contributed by atoms with Crippen LogP contribution in [0.2, 0.25) is 0 Å². The van der Waals surface area contributed by atoms with Crippen molar-refractivity contribution in [3.8, 4) is 0 Å². The molecule has 0 saturated carbocycles. The van der Waals surface area contributed by atoms with E-state index in [4.69, 9.17) is 4.52 Å². The molecule has 116 valence electrons. The molecule has 2 bridgehead atoms. The van der Waals surface area contributed by atoms with Gasteiger partial charge in [0.05, 0.1) is 0 Å². The van der Waals surface area contributed by atoms with E-state index in [1.165, 1.54) is 12.8 Å². The fourth-order valence-electron chi connectivity index (χ4n) is 4.27. The minimum absolute atomic E-state index is 0.390. The number of rotatable bonds is 2. The minimum Gasteiger partial charge on any atom is -0.380 e. The summed E-state index contributed by atoms with van der Waals surface area (Å²) in [4.78, 5) is 7.09. The van der Waals surface area contributed by atoms with Gasteiger partial charge in [0, 0.05) is 18.0 Å². The number of hydrogen-bond donors (Lipinski definition) is 2. The smallest absolute Gasteiger partial charge is 0.258 e. The fraction of sp³-hybridized carbons (Fsp3) is 0.867. The van der Waals surface area contributed by atoms with Crippen LogP contribution in [0.25, 0.3) is 0 Å². The van der Waals surface area contributed by atoms with Gasteiger partial charge in [-0.25, -0.2) is 0 Å². The van der Waals surface area contributed by atoms with Gasteiger partial charge < -0.3 is 19.8 Å². The predicted octanol–water partition coefficient (Wildman–Crippen LogP) is 0.981. The van der Waals surface area contributed by atoms with Gasteiger partial charge in [-0.3, -0.25) is 0 Å². The van der Waals surface area contributed by atoms with Gasteiger partial charge in [0.15, 0.2) is 5.82 Å². The predicted molar refractivity (Wildman–Crippen MR) is 76.8 cm³/mol. The normalized spacial score (nSPS) is 36.0. The van der Waals surface area contributed by atoms with Crippen LogP contribution in [-0.2, 0) is 5.60 Å². The summed E-state index contributed by atoms with van der Waals surface area (Å²) in [5.41, 5.74) is -0.930. The molecule has 0 amide bonds. The number of nitrogens with one attached hydrogen (secondary N) is 1. The molecule has 4 heterocycles. The average Bonchev–Trinajstić information content (AvgIpc) is 3.03. The third-order valence-electron chi connectivity index (χ3n) is 5.73. The van der Waals surface area contributed by atoms with Crippen LogP contribution in [0.1, 0.15) is 56.2 Å². The Morgan fingerprint density at radius 2 is 1.90 bits per heavy atom. The third kappa shape index (κ3) is 2.29. The highest BCUT2D eigenvalue weighted by atomic mass is 16.5. The van der Waals surface area contributed by atoms with Gasteiger partial charge in [-0.1, -0.05) is 5.16 Å². The summed E-state index contributed by atoms with van der Waals surface area (Å²) in [6, 6.07) is 1.33. The van der Waals surface area contributed by atoms with Gasteiger partial charge in [-0.15, -0.1) is 0 Å². The number of aliphatic hydroxyl groups is 1. The molecule has 21 heavy (non-hydrogen) atoms. The van der Waals surface area contributed by atoms with Crippen molar-refractivity contribution in [2.24, 2.45) is 0 Å². The Bertz CT molecular complexity index is 498. The molecule has 6 heteroatoms. The van der Waals surface area contributed by atoms with E-state index < -0.39 is 5.60 Å². The van der Waals surface area contributed by atoms with E-state index in [9.17, 15) is 5.11 Å². The lowest BCUT2D eigenvalue weighted by molar-refractivity contribution is -0.0228. The second-order valence-electron chi connectivity index (χ2n) is 6.96. The number of fused-ring (bicyclic) bond motifs is 2. The highest BCUT2D eigenvalue weighted by Crippen LogP contribution is 2.41. The van der Waals surface area contributed by atoms with Crippen LogP contribution in [-0.4, -0.2) is 52.4 Å². The number of piperidine rings is 2. The summed E-state index contributed by atoms with van der Waals surface area (Å²) in [6.45, 7) is 1.60. The molecule has 2 atom stereocenters. The van der Waals surface area contributed by atoms with Gasteiger partial charge in [0.25, 0.3) is 5.89 Å². The Kier molecular flexibility index (Phi) is 3.28. The summed E-state index contributed by atoms with van der Waals surface area (Å²) < 4.78 is 5.43. The van der Waals surface area contributed by atoms with Gasteiger partial charge >= 0.3 is 0 Å². The first-order valence-corrected chi connectivity index (χ1v) is 8.15. The Balaban J connectivity index is 1.52. The molecule has 1 aromatic rings. The Labute approximate surface area is 124 Å². The van der Waals surface area contributed by atoms with Crippen molar-refractivity contribution in [2.75, 3.05) is 20.1 Å². The lowest BCUT2D eigenvalue weighted by Gasteiger charge is -2.35. The van der Waals surface area contributed by atoms with Crippen molar-refractivity contribution in [2.45, 2.75) is 62.1 Å². The van der Waals surface area contributed by atoms with Gasteiger partial charge in [0.2, 0.25) is 0 Å². The molecule has 3 saturated heterocycles. The summed E-state index contributed by atoms with van der Waals surface area (Å²) in [5, 5.41) is 18.1. The average molecular weight is 292 g/mol. The van der Waals surface area contributed by atoms with Crippen molar-refractivity contribution in [3.05, 3.63) is 11.7 Å². The highest BCUT2D eigenvalue weighted by molar-refractivity contribution is 5.08. The minimum atomic E-state index is -0.930. The van der Waals surface area contributed by atoms with Gasteiger partial charge in [0.1, 0.15) is 5.60 Å². The fourth-order valence-corrected chi connectivity index (χ4v) is 4.27. The number of aromatic nitrogens is 2. The molecule has 6 nitrogen and oxygen atoms in total. The summed E-state index contributed by atoms with van der Waals surface area (Å²) >= 11 is 0. The molecule has 2 N–H and O–H groups in total. The maximum atomic E-state index is 10.7. The second-order valence-corrected chi connectivity index (χ2v) is 6.96. The lowest BCUT2D eigenvalue weighted by atomic mass is 9.90. The van der Waals surface area contributed by atoms with Crippen LogP contribution in [0.4, 0.5) is 0 Å². The van der Waals surface area contributed by atoms with Crippen LogP contribution >= 0.6 is 0 Å². The molecule has 3 aliphatic rings. The third-order valence-corrected chi connectivity index (χ3v) is 5.73. The Morgan fingerprint density at radius 3 is 2.57 bits per heavy atom. The van der Waals surface area contributed by atoms with Gasteiger partial charge in [-0.05, 0) is 58.7 Å². The number of hydrogen-bond acceptors (Lipinski definition) is 6. The van der Waals surface area contributed by atoms with Crippen LogP contribution in [0.5, 0.6) is 0 Å². The quantitative estimate of drug-likeness (QED) is 0.846. The van der Waals surface area contributed by atoms with E-state index in [1.54, 1.807) is 0 Å². The topological polar surface area (TPSA) is 74.4 Å². The van der Waals surface area contributed by atoms with Crippen LogP contribution < -0.4 is 5.32 Å². The molecule has 0 aliphatic carbocycles. The lowest BCUT2D eigenvalue weighted by Crippen LogP contribution is -2.40. The maximum absolute atomic E-state index is 10.7. The first kappa shape index (κ1) is 13.7. The van der Waals surface area contributed by atoms with Gasteiger partial charge in [-0.2, -0.15) is 4.98 Å². The molecule has 3 aliphatic heterocycles. The van der Waals surface area contributed by atoms with E-state index in [0.717, 1.165) is 31.8 Å². The van der Waals surface area contributed by atoms with E-state index >= 15 is 0 Å². The zero-order valence-corrected chi connectivity index (χ0v) is 12.6. The zero-order valence-electron chi connectivity index (χ0n) is 12.6. The monoisotopic (exact) mass is 292 g/mol. The molecule has 0 spiro atoms. The Hall–Kier alpha value is -0.980. The van der Waals surface area contributed by atoms with Crippen LogP contribution in [0, 0.1) is 0 Å². The van der Waals surface area contributed by atoms with Crippen LogP contribution in [0.3, 0.4) is 0 Å². The summed E-state index contributed by atoms with van der Waals surface area (Å²) in [5.74, 6) is 1.62. The zero-order chi connectivity index (χ0) is 14.4. The molecular weight excluding hydrogens is 268 g/mol. The molecule has 2 unspecified atom stereocenters. The molecule has 0 aromatic carbocycles. The largest absolute Gasteiger partial charge is 0.380 e. The molecule has 4 rings (SSSR count). The highest BCUT2D eigenvalue weighted by Gasteiger charge is 2.42. The Morgan fingerprint density at radius 1 is 1.24 bits per heavy atom. The van der Waals surface area contributed by atoms with E-state index in [-0.39, 0.29) is 0 Å². The summed E-state index contributed by atoms with van der Waals surface area (Å²) in [6.07, 6.45) is 6.11. The standard InChI is InChI=1S/C15H24N4O2/c1-19-11-2-3-12(19)9-10(8-11)13-17-14(21-18-13)15(20)4-6-16-7-5-15/h10-12,16,20H,2-9H2,1H3. The molecule has 3 fully saturated rings.